The molecule has 4 rings (SSSR count). The molecule has 1 atom stereocenters. The van der Waals surface area contributed by atoms with Crippen LogP contribution in [0.2, 0.25) is 0 Å². The molecule has 0 spiro atoms. The third kappa shape index (κ3) is 2.65. The minimum atomic E-state index is -0.428. The monoisotopic (exact) mass is 336 g/mol. The summed E-state index contributed by atoms with van der Waals surface area (Å²) in [7, 11) is 0. The molecule has 1 N–H and O–H groups in total. The Bertz CT molecular complexity index is 842. The van der Waals surface area contributed by atoms with Crippen LogP contribution in [0.5, 0.6) is 5.75 Å². The lowest BCUT2D eigenvalue weighted by Gasteiger charge is -2.27. The van der Waals surface area contributed by atoms with Crippen LogP contribution in [0, 0.1) is 0 Å². The van der Waals surface area contributed by atoms with Crippen molar-refractivity contribution in [1.82, 2.24) is 10.2 Å². The van der Waals surface area contributed by atoms with Gasteiger partial charge in [-0.3, -0.25) is 19.3 Å². The number of imide groups is 1. The molecule has 2 aliphatic heterocycles. The van der Waals surface area contributed by atoms with Crippen molar-refractivity contribution in [2.45, 2.75) is 12.5 Å². The van der Waals surface area contributed by atoms with E-state index < -0.39 is 11.8 Å². The van der Waals surface area contributed by atoms with E-state index >= 15 is 0 Å². The average Bonchev–Trinajstić information content (AvgIpc) is 2.87. The number of carbonyl (C=O) groups excluding carboxylic acids is 3. The normalized spacial score (nSPS) is 18.4. The number of ether oxygens (including phenoxy) is 1. The predicted octanol–water partition coefficient (Wildman–Crippen LogP) is 1.92. The fraction of sp³-hybridized carbons (Fsp3) is 0.211. The summed E-state index contributed by atoms with van der Waals surface area (Å²) < 4.78 is 5.58. The zero-order chi connectivity index (χ0) is 17.4. The topological polar surface area (TPSA) is 75.7 Å². The summed E-state index contributed by atoms with van der Waals surface area (Å²) in [5, 5.41) is 2.90. The van der Waals surface area contributed by atoms with E-state index in [1.54, 1.807) is 24.3 Å². The third-order valence-corrected chi connectivity index (χ3v) is 4.47. The van der Waals surface area contributed by atoms with Crippen LogP contribution >= 0.6 is 0 Å². The highest BCUT2D eigenvalue weighted by Crippen LogP contribution is 2.31. The molecule has 6 heteroatoms. The minimum Gasteiger partial charge on any atom is -0.493 e. The summed E-state index contributed by atoms with van der Waals surface area (Å²) in [6.07, 6.45) is 0.644. The maximum atomic E-state index is 12.4. The first kappa shape index (κ1) is 15.4. The summed E-state index contributed by atoms with van der Waals surface area (Å²) in [6, 6.07) is 13.9. The number of rotatable bonds is 3. The number of hydrogen-bond donors (Lipinski definition) is 1. The molecule has 0 bridgehead atoms. The maximum absolute atomic E-state index is 12.4. The van der Waals surface area contributed by atoms with Crippen LogP contribution in [-0.4, -0.2) is 35.8 Å². The van der Waals surface area contributed by atoms with Crippen molar-refractivity contribution in [3.05, 3.63) is 65.2 Å². The van der Waals surface area contributed by atoms with E-state index in [4.69, 9.17) is 4.74 Å². The number of benzene rings is 2. The first-order chi connectivity index (χ1) is 12.1. The van der Waals surface area contributed by atoms with Gasteiger partial charge in [0.1, 0.15) is 12.3 Å². The van der Waals surface area contributed by atoms with E-state index in [9.17, 15) is 14.4 Å². The smallest absolute Gasteiger partial charge is 0.262 e. The van der Waals surface area contributed by atoms with Crippen molar-refractivity contribution < 1.29 is 19.1 Å². The van der Waals surface area contributed by atoms with Crippen LogP contribution in [0.3, 0.4) is 0 Å². The van der Waals surface area contributed by atoms with Gasteiger partial charge < -0.3 is 10.1 Å². The van der Waals surface area contributed by atoms with Gasteiger partial charge in [-0.1, -0.05) is 30.3 Å². The van der Waals surface area contributed by atoms with Crippen molar-refractivity contribution in [1.29, 1.82) is 0 Å². The molecule has 2 aromatic rings. The Hall–Kier alpha value is -3.15. The van der Waals surface area contributed by atoms with Gasteiger partial charge in [0, 0.05) is 12.0 Å². The van der Waals surface area contributed by atoms with Crippen LogP contribution in [0.15, 0.2) is 48.5 Å². The molecule has 126 valence electrons. The minimum absolute atomic E-state index is 0.187. The Morgan fingerprint density at radius 3 is 2.40 bits per heavy atom. The van der Waals surface area contributed by atoms with Crippen LogP contribution < -0.4 is 10.1 Å². The Labute approximate surface area is 144 Å². The lowest BCUT2D eigenvalue weighted by molar-refractivity contribution is -0.122. The van der Waals surface area contributed by atoms with Gasteiger partial charge in [0.15, 0.2) is 0 Å². The molecule has 0 saturated heterocycles. The molecule has 3 amide bonds. The molecule has 2 heterocycles. The Morgan fingerprint density at radius 2 is 1.68 bits per heavy atom. The highest BCUT2D eigenvalue weighted by Gasteiger charge is 2.36. The van der Waals surface area contributed by atoms with Crippen LogP contribution in [0.4, 0.5) is 0 Å². The molecular weight excluding hydrogens is 320 g/mol. The van der Waals surface area contributed by atoms with Crippen molar-refractivity contribution in [2.75, 3.05) is 13.2 Å². The van der Waals surface area contributed by atoms with Gasteiger partial charge in [0.05, 0.1) is 23.8 Å². The van der Waals surface area contributed by atoms with Gasteiger partial charge in [-0.2, -0.15) is 0 Å². The highest BCUT2D eigenvalue weighted by molar-refractivity contribution is 6.22. The fourth-order valence-corrected chi connectivity index (χ4v) is 3.26. The lowest BCUT2D eigenvalue weighted by Crippen LogP contribution is -2.42. The van der Waals surface area contributed by atoms with E-state index in [-0.39, 0.29) is 18.5 Å². The first-order valence-electron chi connectivity index (χ1n) is 8.11. The second-order valence-electron chi connectivity index (χ2n) is 6.04. The summed E-state index contributed by atoms with van der Waals surface area (Å²) in [5.74, 6) is -0.470. The predicted molar refractivity (Wildman–Crippen MR) is 89.2 cm³/mol. The molecule has 2 aliphatic rings. The molecule has 0 fully saturated rings. The molecular formula is C19H16N2O4. The molecule has 2 aromatic carbocycles. The van der Waals surface area contributed by atoms with Gasteiger partial charge in [-0.05, 0) is 18.2 Å². The molecule has 0 radical (unpaired) electrons. The van der Waals surface area contributed by atoms with Gasteiger partial charge in [0.2, 0.25) is 5.91 Å². The number of nitrogens with one attached hydrogen (secondary N) is 1. The third-order valence-electron chi connectivity index (χ3n) is 4.47. The summed E-state index contributed by atoms with van der Waals surface area (Å²) in [4.78, 5) is 38.1. The Kier molecular flexibility index (Phi) is 3.72. The molecule has 25 heavy (non-hydrogen) atoms. The second-order valence-corrected chi connectivity index (χ2v) is 6.04. The van der Waals surface area contributed by atoms with Crippen molar-refractivity contribution in [3.8, 4) is 5.75 Å². The highest BCUT2D eigenvalue weighted by atomic mass is 16.5. The first-order valence-corrected chi connectivity index (χ1v) is 8.11. The Morgan fingerprint density at radius 1 is 1.04 bits per heavy atom. The van der Waals surface area contributed by atoms with Crippen LogP contribution in [0.25, 0.3) is 0 Å². The molecule has 6 nitrogen and oxygen atoms in total. The summed E-state index contributed by atoms with van der Waals surface area (Å²) in [6.45, 7) is 0.223. The maximum Gasteiger partial charge on any atom is 0.262 e. The number of amides is 3. The number of carbonyl (C=O) groups is 3. The SMILES string of the molecule is O=C(CN1C(=O)c2ccccc2C1=O)N[C@@H]1CCOc2ccccc21. The second kappa shape index (κ2) is 6.05. The van der Waals surface area contributed by atoms with E-state index in [1.165, 1.54) is 0 Å². The van der Waals surface area contributed by atoms with Crippen molar-refractivity contribution in [2.24, 2.45) is 0 Å². The Balaban J connectivity index is 1.48. The molecule has 0 unspecified atom stereocenters. The van der Waals surface area contributed by atoms with Crippen LogP contribution in [0.1, 0.15) is 38.7 Å². The number of nitrogens with zero attached hydrogens (tertiary/aromatic N) is 1. The lowest BCUT2D eigenvalue weighted by atomic mass is 10.0. The van der Waals surface area contributed by atoms with E-state index in [2.05, 4.69) is 5.32 Å². The molecule has 0 saturated carbocycles. The van der Waals surface area contributed by atoms with E-state index in [0.717, 1.165) is 16.2 Å². The van der Waals surface area contributed by atoms with Crippen molar-refractivity contribution >= 4 is 17.7 Å². The van der Waals surface area contributed by atoms with Gasteiger partial charge in [-0.25, -0.2) is 0 Å². The van der Waals surface area contributed by atoms with E-state index in [1.807, 2.05) is 24.3 Å². The summed E-state index contributed by atoms with van der Waals surface area (Å²) in [5.41, 5.74) is 1.60. The number of para-hydroxylation sites is 1. The average molecular weight is 336 g/mol. The largest absolute Gasteiger partial charge is 0.493 e. The van der Waals surface area contributed by atoms with Gasteiger partial charge >= 0.3 is 0 Å². The molecule has 0 aliphatic carbocycles. The fourth-order valence-electron chi connectivity index (χ4n) is 3.26. The number of hydrogen-bond acceptors (Lipinski definition) is 4. The zero-order valence-electron chi connectivity index (χ0n) is 13.4. The van der Waals surface area contributed by atoms with Gasteiger partial charge in [0.25, 0.3) is 11.8 Å². The summed E-state index contributed by atoms with van der Waals surface area (Å²) >= 11 is 0. The van der Waals surface area contributed by atoms with Crippen LogP contribution in [-0.2, 0) is 4.79 Å². The zero-order valence-corrected chi connectivity index (χ0v) is 13.4. The number of fused-ring (bicyclic) bond motifs is 2. The van der Waals surface area contributed by atoms with Crippen molar-refractivity contribution in [3.63, 3.8) is 0 Å². The standard InChI is InChI=1S/C19H16N2O4/c22-17(20-15-9-10-25-16-8-4-3-7-14(15)16)11-21-18(23)12-5-1-2-6-13(12)19(21)24/h1-8,15H,9-11H2,(H,20,22)/t15-/m1/s1. The quantitative estimate of drug-likeness (QED) is 0.869. The van der Waals surface area contributed by atoms with Gasteiger partial charge in [-0.15, -0.1) is 0 Å². The van der Waals surface area contributed by atoms with E-state index in [0.29, 0.717) is 24.2 Å². The molecule has 0 aromatic heterocycles.